The molecule has 2 aromatic rings. The van der Waals surface area contributed by atoms with Crippen LogP contribution in [0.5, 0.6) is 5.75 Å². The van der Waals surface area contributed by atoms with Gasteiger partial charge in [-0.3, -0.25) is 9.69 Å². The van der Waals surface area contributed by atoms with E-state index in [1.54, 1.807) is 17.7 Å². The Morgan fingerprint density at radius 3 is 2.57 bits per heavy atom. The van der Waals surface area contributed by atoms with Crippen molar-refractivity contribution < 1.29 is 9.84 Å². The van der Waals surface area contributed by atoms with Gasteiger partial charge in [-0.1, -0.05) is 23.7 Å². The molecule has 1 N–H and O–H groups in total. The van der Waals surface area contributed by atoms with Gasteiger partial charge >= 0.3 is 0 Å². The standard InChI is InChI=1S/C21H28ClN3O3/c1-15-13-18(26)19(21(27)25(15)11-12-28-3)20(16-5-4-6-17(22)14-16)24-9-7-23(2)8-10-24/h4-6,13-14,20,26H,7-12H2,1-3H3/t20-/m0/s1. The number of aromatic nitrogens is 1. The van der Waals surface area contributed by atoms with E-state index in [1.165, 1.54) is 0 Å². The number of aryl methyl sites for hydroxylation is 1. The van der Waals surface area contributed by atoms with Crippen molar-refractivity contribution in [2.45, 2.75) is 19.5 Å². The lowest BCUT2D eigenvalue weighted by Gasteiger charge is -2.38. The molecule has 1 aliphatic heterocycles. The number of rotatable bonds is 6. The summed E-state index contributed by atoms with van der Waals surface area (Å²) in [7, 11) is 3.70. The highest BCUT2D eigenvalue weighted by Gasteiger charge is 2.31. The molecule has 3 rings (SSSR count). The normalized spacial score (nSPS) is 17.0. The van der Waals surface area contributed by atoms with Gasteiger partial charge in [-0.15, -0.1) is 0 Å². The third-order valence-corrected chi connectivity index (χ3v) is 5.62. The molecule has 1 fully saturated rings. The summed E-state index contributed by atoms with van der Waals surface area (Å²) >= 11 is 6.25. The zero-order valence-electron chi connectivity index (χ0n) is 16.7. The topological polar surface area (TPSA) is 57.9 Å². The van der Waals surface area contributed by atoms with Crippen molar-refractivity contribution in [3.05, 3.63) is 62.5 Å². The lowest BCUT2D eigenvalue weighted by atomic mass is 9.96. The van der Waals surface area contributed by atoms with Gasteiger partial charge < -0.3 is 19.3 Å². The fourth-order valence-corrected chi connectivity index (χ4v) is 4.00. The maximum absolute atomic E-state index is 13.4. The third kappa shape index (κ3) is 4.41. The Labute approximate surface area is 170 Å². The third-order valence-electron chi connectivity index (χ3n) is 5.38. The Balaban J connectivity index is 2.13. The molecular weight excluding hydrogens is 378 g/mol. The van der Waals surface area contributed by atoms with E-state index < -0.39 is 0 Å². The maximum Gasteiger partial charge on any atom is 0.259 e. The quantitative estimate of drug-likeness (QED) is 0.800. The van der Waals surface area contributed by atoms with Gasteiger partial charge in [0.2, 0.25) is 0 Å². The molecule has 2 heterocycles. The van der Waals surface area contributed by atoms with Crippen molar-refractivity contribution >= 4 is 11.6 Å². The van der Waals surface area contributed by atoms with Gasteiger partial charge in [0.1, 0.15) is 5.75 Å². The molecule has 0 spiro atoms. The number of ether oxygens (including phenoxy) is 1. The molecule has 0 radical (unpaired) electrons. The number of hydrogen-bond donors (Lipinski definition) is 1. The maximum atomic E-state index is 13.4. The van der Waals surface area contributed by atoms with E-state index in [0.717, 1.165) is 31.7 Å². The molecule has 1 saturated heterocycles. The van der Waals surface area contributed by atoms with Crippen molar-refractivity contribution in [3.8, 4) is 5.75 Å². The Hall–Kier alpha value is -1.86. The van der Waals surface area contributed by atoms with Gasteiger partial charge in [0.25, 0.3) is 5.56 Å². The lowest BCUT2D eigenvalue weighted by molar-refractivity contribution is 0.125. The number of pyridine rings is 1. The van der Waals surface area contributed by atoms with E-state index in [2.05, 4.69) is 16.8 Å². The van der Waals surface area contributed by atoms with Crippen LogP contribution in [0.25, 0.3) is 0 Å². The Morgan fingerprint density at radius 2 is 1.93 bits per heavy atom. The van der Waals surface area contributed by atoms with Crippen LogP contribution in [-0.4, -0.2) is 66.4 Å². The van der Waals surface area contributed by atoms with Crippen LogP contribution in [0.1, 0.15) is 22.9 Å². The van der Waals surface area contributed by atoms with Crippen LogP contribution in [0.2, 0.25) is 5.02 Å². The molecular formula is C21H28ClN3O3. The number of aromatic hydroxyl groups is 1. The van der Waals surface area contributed by atoms with E-state index in [4.69, 9.17) is 16.3 Å². The van der Waals surface area contributed by atoms with E-state index >= 15 is 0 Å². The number of methoxy groups -OCH3 is 1. The fourth-order valence-electron chi connectivity index (χ4n) is 3.80. The summed E-state index contributed by atoms with van der Waals surface area (Å²) in [6.07, 6.45) is 0. The summed E-state index contributed by atoms with van der Waals surface area (Å²) in [4.78, 5) is 17.9. The zero-order valence-corrected chi connectivity index (χ0v) is 17.4. The second kappa shape index (κ2) is 9.09. The number of halogens is 1. The average Bonchev–Trinajstić information content (AvgIpc) is 2.66. The van der Waals surface area contributed by atoms with Gasteiger partial charge in [0.05, 0.1) is 18.2 Å². The van der Waals surface area contributed by atoms with Crippen LogP contribution in [-0.2, 0) is 11.3 Å². The van der Waals surface area contributed by atoms with Crippen LogP contribution in [0.3, 0.4) is 0 Å². The number of likely N-dealkylation sites (N-methyl/N-ethyl adjacent to an activating group) is 1. The van der Waals surface area contributed by atoms with Gasteiger partial charge in [-0.2, -0.15) is 0 Å². The molecule has 1 aliphatic rings. The van der Waals surface area contributed by atoms with E-state index in [9.17, 15) is 9.90 Å². The fraction of sp³-hybridized carbons (Fsp3) is 0.476. The average molecular weight is 406 g/mol. The van der Waals surface area contributed by atoms with Crippen molar-refractivity contribution in [1.29, 1.82) is 0 Å². The molecule has 7 heteroatoms. The Kier molecular flexibility index (Phi) is 6.78. The van der Waals surface area contributed by atoms with E-state index in [0.29, 0.717) is 29.4 Å². The number of benzene rings is 1. The molecule has 6 nitrogen and oxygen atoms in total. The van der Waals surface area contributed by atoms with Gasteiger partial charge in [-0.05, 0) is 37.7 Å². The van der Waals surface area contributed by atoms with Crippen molar-refractivity contribution in [1.82, 2.24) is 14.4 Å². The molecule has 1 aromatic carbocycles. The molecule has 1 atom stereocenters. The minimum absolute atomic E-state index is 0.0278. The lowest BCUT2D eigenvalue weighted by Crippen LogP contribution is -2.47. The molecule has 28 heavy (non-hydrogen) atoms. The summed E-state index contributed by atoms with van der Waals surface area (Å²) in [5, 5.41) is 11.4. The summed E-state index contributed by atoms with van der Waals surface area (Å²) in [5.74, 6) is 0.0278. The van der Waals surface area contributed by atoms with Crippen LogP contribution < -0.4 is 5.56 Å². The SMILES string of the molecule is COCCn1c(C)cc(O)c([C@H](c2cccc(Cl)c2)N2CCN(C)CC2)c1=O. The number of hydrogen-bond acceptors (Lipinski definition) is 5. The first kappa shape index (κ1) is 20.9. The summed E-state index contributed by atoms with van der Waals surface area (Å²) < 4.78 is 6.83. The minimum atomic E-state index is -0.353. The van der Waals surface area contributed by atoms with Crippen molar-refractivity contribution in [2.24, 2.45) is 0 Å². The molecule has 152 valence electrons. The molecule has 0 unspecified atom stereocenters. The predicted octanol–water partition coefficient (Wildman–Crippen LogP) is 2.50. The first-order valence-corrected chi connectivity index (χ1v) is 9.90. The number of nitrogens with zero attached hydrogens (tertiary/aromatic N) is 3. The smallest absolute Gasteiger partial charge is 0.259 e. The Bertz CT molecular complexity index is 876. The molecule has 0 bridgehead atoms. The van der Waals surface area contributed by atoms with Gasteiger partial charge in [0, 0.05) is 50.6 Å². The first-order valence-electron chi connectivity index (χ1n) is 9.52. The highest BCUT2D eigenvalue weighted by molar-refractivity contribution is 6.30. The second-order valence-corrected chi connectivity index (χ2v) is 7.77. The largest absolute Gasteiger partial charge is 0.507 e. The van der Waals surface area contributed by atoms with E-state index in [1.807, 2.05) is 31.2 Å². The minimum Gasteiger partial charge on any atom is -0.507 e. The molecule has 0 amide bonds. The van der Waals surface area contributed by atoms with Crippen LogP contribution >= 0.6 is 11.6 Å². The summed E-state index contributed by atoms with van der Waals surface area (Å²) in [6.45, 7) is 6.12. The van der Waals surface area contributed by atoms with E-state index in [-0.39, 0.29) is 17.4 Å². The second-order valence-electron chi connectivity index (χ2n) is 7.33. The van der Waals surface area contributed by atoms with Crippen LogP contribution in [0, 0.1) is 6.92 Å². The van der Waals surface area contributed by atoms with Crippen LogP contribution in [0.15, 0.2) is 35.1 Å². The van der Waals surface area contributed by atoms with Gasteiger partial charge in [0.15, 0.2) is 0 Å². The molecule has 0 aliphatic carbocycles. The summed E-state index contributed by atoms with van der Waals surface area (Å²) in [5.41, 5.74) is 1.84. The Morgan fingerprint density at radius 1 is 1.21 bits per heavy atom. The predicted molar refractivity (Wildman–Crippen MR) is 111 cm³/mol. The number of piperazine rings is 1. The zero-order chi connectivity index (χ0) is 20.3. The highest BCUT2D eigenvalue weighted by Crippen LogP contribution is 2.34. The van der Waals surface area contributed by atoms with Gasteiger partial charge in [-0.25, -0.2) is 0 Å². The summed E-state index contributed by atoms with van der Waals surface area (Å²) in [6, 6.07) is 8.86. The van der Waals surface area contributed by atoms with Crippen molar-refractivity contribution in [3.63, 3.8) is 0 Å². The molecule has 0 saturated carbocycles. The molecule has 1 aromatic heterocycles. The van der Waals surface area contributed by atoms with Crippen molar-refractivity contribution in [2.75, 3.05) is 46.9 Å². The highest BCUT2D eigenvalue weighted by atomic mass is 35.5. The monoisotopic (exact) mass is 405 g/mol. The first-order chi connectivity index (χ1) is 13.4. The van der Waals surface area contributed by atoms with Crippen LogP contribution in [0.4, 0.5) is 0 Å².